The fraction of sp³-hybridized carbons (Fsp3) is 0.800. The molecule has 0 spiro atoms. The maximum Gasteiger partial charge on any atom is 0.0644 e. The minimum Gasteiger partial charge on any atom is -0.378 e. The number of hydrogen-bond acceptors (Lipinski definition) is 3. The first-order valence-electron chi connectivity index (χ1n) is 7.46. The van der Waals surface area contributed by atoms with Crippen LogP contribution in [0.2, 0.25) is 0 Å². The van der Waals surface area contributed by atoms with E-state index in [1.165, 1.54) is 24.1 Å². The second-order valence-electron chi connectivity index (χ2n) is 5.60. The van der Waals surface area contributed by atoms with Gasteiger partial charge in [0.15, 0.2) is 0 Å². The van der Waals surface area contributed by atoms with Crippen LogP contribution in [0.15, 0.2) is 0 Å². The molecule has 2 rings (SSSR count). The van der Waals surface area contributed by atoms with Gasteiger partial charge in [0, 0.05) is 30.5 Å². The van der Waals surface area contributed by atoms with Crippen LogP contribution in [-0.2, 0) is 11.3 Å². The minimum atomic E-state index is 0.368. The van der Waals surface area contributed by atoms with E-state index in [4.69, 9.17) is 4.74 Å². The van der Waals surface area contributed by atoms with Gasteiger partial charge in [0.2, 0.25) is 0 Å². The van der Waals surface area contributed by atoms with E-state index in [0.717, 1.165) is 31.7 Å². The van der Waals surface area contributed by atoms with Crippen LogP contribution in [0.4, 0.5) is 0 Å². The summed E-state index contributed by atoms with van der Waals surface area (Å²) in [5.74, 6) is 0. The first-order chi connectivity index (χ1) is 9.13. The number of aryl methyl sites for hydroxylation is 2. The van der Waals surface area contributed by atoms with E-state index in [9.17, 15) is 0 Å². The van der Waals surface area contributed by atoms with Crippen LogP contribution in [0.5, 0.6) is 0 Å². The number of rotatable bonds is 6. The van der Waals surface area contributed by atoms with E-state index in [1.54, 1.807) is 0 Å². The first-order valence-corrected chi connectivity index (χ1v) is 7.46. The lowest BCUT2D eigenvalue weighted by Crippen LogP contribution is -2.14. The van der Waals surface area contributed by atoms with Crippen LogP contribution < -0.4 is 5.32 Å². The number of nitrogens with one attached hydrogen (secondary N) is 1. The van der Waals surface area contributed by atoms with Crippen molar-refractivity contribution in [3.8, 4) is 0 Å². The van der Waals surface area contributed by atoms with Gasteiger partial charge in [0.1, 0.15) is 0 Å². The van der Waals surface area contributed by atoms with Gasteiger partial charge < -0.3 is 10.1 Å². The van der Waals surface area contributed by atoms with E-state index in [1.807, 2.05) is 7.05 Å². The van der Waals surface area contributed by atoms with E-state index in [2.05, 4.69) is 35.9 Å². The van der Waals surface area contributed by atoms with Gasteiger partial charge in [-0.15, -0.1) is 0 Å². The van der Waals surface area contributed by atoms with Crippen molar-refractivity contribution >= 4 is 0 Å². The van der Waals surface area contributed by atoms with E-state index in [-0.39, 0.29) is 0 Å². The molecular weight excluding hydrogens is 238 g/mol. The largest absolute Gasteiger partial charge is 0.378 e. The summed E-state index contributed by atoms with van der Waals surface area (Å²) in [7, 11) is 2.00. The van der Waals surface area contributed by atoms with Crippen LogP contribution >= 0.6 is 0 Å². The smallest absolute Gasteiger partial charge is 0.0644 e. The molecule has 1 aromatic rings. The van der Waals surface area contributed by atoms with Gasteiger partial charge in [-0.1, -0.05) is 0 Å². The fourth-order valence-electron chi connectivity index (χ4n) is 3.04. The Morgan fingerprint density at radius 1 is 1.47 bits per heavy atom. The molecule has 1 aromatic heterocycles. The van der Waals surface area contributed by atoms with E-state index < -0.39 is 0 Å². The minimum absolute atomic E-state index is 0.368. The number of ether oxygens (including phenoxy) is 1. The maximum atomic E-state index is 5.67. The quantitative estimate of drug-likeness (QED) is 0.859. The zero-order valence-electron chi connectivity index (χ0n) is 12.7. The fourth-order valence-corrected chi connectivity index (χ4v) is 3.04. The van der Waals surface area contributed by atoms with Gasteiger partial charge in [-0.2, -0.15) is 5.10 Å². The summed E-state index contributed by atoms with van der Waals surface area (Å²) in [6, 6.07) is 0.368. The van der Waals surface area contributed by atoms with Gasteiger partial charge in [-0.25, -0.2) is 0 Å². The monoisotopic (exact) mass is 265 g/mol. The topological polar surface area (TPSA) is 39.1 Å². The Morgan fingerprint density at radius 3 is 2.89 bits per heavy atom. The van der Waals surface area contributed by atoms with Crippen LogP contribution in [0, 0.1) is 13.8 Å². The SMILES string of the molecule is CNC(C)c1c(C)nn(CCCC2CCCO2)c1C. The summed E-state index contributed by atoms with van der Waals surface area (Å²) < 4.78 is 7.83. The molecule has 1 N–H and O–H groups in total. The molecule has 0 radical (unpaired) electrons. The molecule has 2 unspecified atom stereocenters. The summed E-state index contributed by atoms with van der Waals surface area (Å²) >= 11 is 0. The van der Waals surface area contributed by atoms with Gasteiger partial charge in [0.25, 0.3) is 0 Å². The molecule has 2 atom stereocenters. The number of hydrogen-bond donors (Lipinski definition) is 1. The zero-order chi connectivity index (χ0) is 13.8. The molecule has 19 heavy (non-hydrogen) atoms. The van der Waals surface area contributed by atoms with E-state index in [0.29, 0.717) is 12.1 Å². The molecule has 2 heterocycles. The standard InChI is InChI=1S/C15H27N3O/c1-11(16-4)15-12(2)17-18(13(15)3)9-5-7-14-8-6-10-19-14/h11,14,16H,5-10H2,1-4H3. The van der Waals surface area contributed by atoms with Crippen LogP contribution in [0.25, 0.3) is 0 Å². The Hall–Kier alpha value is -0.870. The van der Waals surface area contributed by atoms with Crippen molar-refractivity contribution in [2.75, 3.05) is 13.7 Å². The van der Waals surface area contributed by atoms with E-state index >= 15 is 0 Å². The summed E-state index contributed by atoms with van der Waals surface area (Å²) in [5.41, 5.74) is 3.79. The molecule has 4 heteroatoms. The molecule has 1 aliphatic heterocycles. The lowest BCUT2D eigenvalue weighted by atomic mass is 10.1. The Morgan fingerprint density at radius 2 is 2.26 bits per heavy atom. The van der Waals surface area contributed by atoms with Crippen LogP contribution in [0.3, 0.4) is 0 Å². The van der Waals surface area contributed by atoms with Crippen molar-refractivity contribution in [2.45, 2.75) is 65.1 Å². The Balaban J connectivity index is 1.93. The third kappa shape index (κ3) is 3.37. The second-order valence-corrected chi connectivity index (χ2v) is 5.60. The molecule has 1 fully saturated rings. The Bertz CT molecular complexity index is 408. The molecule has 0 saturated carbocycles. The first kappa shape index (κ1) is 14.5. The van der Waals surface area contributed by atoms with Crippen molar-refractivity contribution in [2.24, 2.45) is 0 Å². The highest BCUT2D eigenvalue weighted by atomic mass is 16.5. The third-order valence-corrected chi connectivity index (χ3v) is 4.22. The van der Waals surface area contributed by atoms with Crippen molar-refractivity contribution in [1.29, 1.82) is 0 Å². The summed E-state index contributed by atoms with van der Waals surface area (Å²) in [6.07, 6.45) is 5.27. The highest BCUT2D eigenvalue weighted by Gasteiger charge is 2.17. The molecule has 0 bridgehead atoms. The average molecular weight is 265 g/mol. The predicted molar refractivity (Wildman–Crippen MR) is 77.4 cm³/mol. The molecule has 4 nitrogen and oxygen atoms in total. The van der Waals surface area contributed by atoms with Gasteiger partial charge in [-0.3, -0.25) is 4.68 Å². The second kappa shape index (κ2) is 6.53. The highest BCUT2D eigenvalue weighted by Crippen LogP contribution is 2.22. The van der Waals surface area contributed by atoms with Crippen LogP contribution in [-0.4, -0.2) is 29.5 Å². The lowest BCUT2D eigenvalue weighted by Gasteiger charge is -2.12. The molecule has 1 saturated heterocycles. The maximum absolute atomic E-state index is 5.67. The van der Waals surface area contributed by atoms with Crippen molar-refractivity contribution in [3.05, 3.63) is 17.0 Å². The van der Waals surface area contributed by atoms with Crippen molar-refractivity contribution in [1.82, 2.24) is 15.1 Å². The molecule has 0 aliphatic carbocycles. The molecule has 1 aliphatic rings. The number of nitrogens with zero attached hydrogens (tertiary/aromatic N) is 2. The van der Waals surface area contributed by atoms with Gasteiger partial charge in [0.05, 0.1) is 11.8 Å². The van der Waals surface area contributed by atoms with Crippen LogP contribution in [0.1, 0.15) is 55.6 Å². The predicted octanol–water partition coefficient (Wildman–Crippen LogP) is 2.74. The third-order valence-electron chi connectivity index (χ3n) is 4.22. The molecular formula is C15H27N3O. The van der Waals surface area contributed by atoms with Crippen molar-refractivity contribution < 1.29 is 4.74 Å². The Kier molecular flexibility index (Phi) is 4.99. The summed E-state index contributed by atoms with van der Waals surface area (Å²) in [6.45, 7) is 8.42. The normalized spacial score (nSPS) is 20.9. The number of aromatic nitrogens is 2. The summed E-state index contributed by atoms with van der Waals surface area (Å²) in [5, 5.41) is 7.98. The average Bonchev–Trinajstić information content (AvgIpc) is 2.98. The highest BCUT2D eigenvalue weighted by molar-refractivity contribution is 5.27. The summed E-state index contributed by atoms with van der Waals surface area (Å²) in [4.78, 5) is 0. The van der Waals surface area contributed by atoms with Gasteiger partial charge >= 0.3 is 0 Å². The molecule has 108 valence electrons. The Labute approximate surface area is 116 Å². The van der Waals surface area contributed by atoms with Gasteiger partial charge in [-0.05, 0) is 53.5 Å². The molecule has 0 aromatic carbocycles. The zero-order valence-corrected chi connectivity index (χ0v) is 12.7. The van der Waals surface area contributed by atoms with Crippen molar-refractivity contribution in [3.63, 3.8) is 0 Å². The molecule has 0 amide bonds. The lowest BCUT2D eigenvalue weighted by molar-refractivity contribution is 0.101.